The molecule has 0 radical (unpaired) electrons. The van der Waals surface area contributed by atoms with Gasteiger partial charge in [0.25, 0.3) is 0 Å². The van der Waals surface area contributed by atoms with E-state index < -0.39 is 0 Å². The molecule has 0 amide bonds. The minimum atomic E-state index is -0.213. The fourth-order valence-corrected chi connectivity index (χ4v) is 3.76. The molecule has 0 spiro atoms. The monoisotopic (exact) mass is 373 g/mol. The molecule has 0 fully saturated rings. The number of aryl methyl sites for hydroxylation is 1. The van der Waals surface area contributed by atoms with Gasteiger partial charge in [-0.1, -0.05) is 42.5 Å². The van der Waals surface area contributed by atoms with E-state index in [-0.39, 0.29) is 5.82 Å². The fraction of sp³-hybridized carbons (Fsp3) is 0.208. The molecule has 4 rings (SSSR count). The molecule has 142 valence electrons. The number of benzene rings is 2. The third-order valence-corrected chi connectivity index (χ3v) is 5.40. The largest absolute Gasteiger partial charge is 0.354 e. The summed E-state index contributed by atoms with van der Waals surface area (Å²) in [6.45, 7) is 5.81. The lowest BCUT2D eigenvalue weighted by molar-refractivity contribution is 0.627. The second kappa shape index (κ2) is 7.47. The van der Waals surface area contributed by atoms with Crippen LogP contribution in [0, 0.1) is 19.7 Å². The maximum absolute atomic E-state index is 13.2. The van der Waals surface area contributed by atoms with Crippen LogP contribution >= 0.6 is 0 Å². The first-order valence-corrected chi connectivity index (χ1v) is 9.48. The lowest BCUT2D eigenvalue weighted by Crippen LogP contribution is -2.19. The number of halogens is 1. The van der Waals surface area contributed by atoms with Gasteiger partial charge in [-0.2, -0.15) is 0 Å². The SMILES string of the molecule is Cc1c(C)n(Cc2ccccc2)c2c(N(C)Cc3ccc(F)cc3)nccc12. The summed E-state index contributed by atoms with van der Waals surface area (Å²) < 4.78 is 15.6. The minimum Gasteiger partial charge on any atom is -0.354 e. The van der Waals surface area contributed by atoms with Gasteiger partial charge < -0.3 is 9.47 Å². The van der Waals surface area contributed by atoms with Gasteiger partial charge in [-0.05, 0) is 48.7 Å². The van der Waals surface area contributed by atoms with Crippen molar-refractivity contribution in [1.82, 2.24) is 9.55 Å². The van der Waals surface area contributed by atoms with Crippen LogP contribution in [0.5, 0.6) is 0 Å². The van der Waals surface area contributed by atoms with Gasteiger partial charge in [0.05, 0.1) is 5.52 Å². The van der Waals surface area contributed by atoms with Gasteiger partial charge in [-0.3, -0.25) is 0 Å². The molecule has 28 heavy (non-hydrogen) atoms. The summed E-state index contributed by atoms with van der Waals surface area (Å²) in [5, 5.41) is 1.23. The van der Waals surface area contributed by atoms with Crippen molar-refractivity contribution in [1.29, 1.82) is 0 Å². The molecule has 4 aromatic rings. The molecule has 0 aliphatic heterocycles. The Morgan fingerprint density at radius 1 is 0.929 bits per heavy atom. The molecule has 0 unspecified atom stereocenters. The molecule has 4 heteroatoms. The third-order valence-electron chi connectivity index (χ3n) is 5.40. The maximum atomic E-state index is 13.2. The number of anilines is 1. The summed E-state index contributed by atoms with van der Waals surface area (Å²) in [6.07, 6.45) is 1.87. The average Bonchev–Trinajstić information content (AvgIpc) is 2.95. The Labute approximate surface area is 165 Å². The second-order valence-electron chi connectivity index (χ2n) is 7.30. The molecule has 0 aliphatic rings. The molecule has 0 aliphatic carbocycles. The van der Waals surface area contributed by atoms with Gasteiger partial charge in [-0.15, -0.1) is 0 Å². The summed E-state index contributed by atoms with van der Waals surface area (Å²) in [5.41, 5.74) is 6.00. The van der Waals surface area contributed by atoms with Crippen molar-refractivity contribution in [2.75, 3.05) is 11.9 Å². The topological polar surface area (TPSA) is 21.1 Å². The Balaban J connectivity index is 1.78. The van der Waals surface area contributed by atoms with E-state index >= 15 is 0 Å². The molecule has 2 aromatic carbocycles. The Bertz CT molecular complexity index is 1100. The molecule has 2 heterocycles. The Kier molecular flexibility index (Phi) is 4.86. The van der Waals surface area contributed by atoms with Crippen molar-refractivity contribution >= 4 is 16.7 Å². The summed E-state index contributed by atoms with van der Waals surface area (Å²) in [6, 6.07) is 19.2. The average molecular weight is 373 g/mol. The molecule has 3 nitrogen and oxygen atoms in total. The van der Waals surface area contributed by atoms with Crippen LogP contribution in [0.4, 0.5) is 10.2 Å². The van der Waals surface area contributed by atoms with Crippen molar-refractivity contribution in [3.05, 3.63) is 95.1 Å². The van der Waals surface area contributed by atoms with Crippen LogP contribution in [-0.4, -0.2) is 16.6 Å². The first kappa shape index (κ1) is 18.2. The molecule has 0 atom stereocenters. The summed E-state index contributed by atoms with van der Waals surface area (Å²) >= 11 is 0. The Morgan fingerprint density at radius 3 is 2.36 bits per heavy atom. The van der Waals surface area contributed by atoms with Crippen LogP contribution in [0.3, 0.4) is 0 Å². The van der Waals surface area contributed by atoms with Crippen LogP contribution < -0.4 is 4.90 Å². The van der Waals surface area contributed by atoms with Crippen molar-refractivity contribution < 1.29 is 4.39 Å². The number of aromatic nitrogens is 2. The molecular weight excluding hydrogens is 349 g/mol. The molecule has 0 bridgehead atoms. The highest BCUT2D eigenvalue weighted by atomic mass is 19.1. The lowest BCUT2D eigenvalue weighted by Gasteiger charge is -2.21. The zero-order valence-electron chi connectivity index (χ0n) is 16.5. The van der Waals surface area contributed by atoms with Crippen LogP contribution in [0.1, 0.15) is 22.4 Å². The normalized spacial score (nSPS) is 11.1. The molecular formula is C24H24FN3. The molecule has 0 saturated heterocycles. The predicted octanol–water partition coefficient (Wildman–Crippen LogP) is 5.48. The van der Waals surface area contributed by atoms with E-state index in [0.29, 0.717) is 6.54 Å². The first-order chi connectivity index (χ1) is 13.5. The zero-order valence-corrected chi connectivity index (χ0v) is 16.5. The van der Waals surface area contributed by atoms with E-state index in [0.717, 1.165) is 23.4 Å². The number of hydrogen-bond donors (Lipinski definition) is 0. The van der Waals surface area contributed by atoms with Gasteiger partial charge in [-0.25, -0.2) is 9.37 Å². The number of rotatable bonds is 5. The number of fused-ring (bicyclic) bond motifs is 1. The van der Waals surface area contributed by atoms with Crippen molar-refractivity contribution in [2.45, 2.75) is 26.9 Å². The highest BCUT2D eigenvalue weighted by Crippen LogP contribution is 2.32. The minimum absolute atomic E-state index is 0.213. The fourth-order valence-electron chi connectivity index (χ4n) is 3.76. The summed E-state index contributed by atoms with van der Waals surface area (Å²) in [5.74, 6) is 0.726. The highest BCUT2D eigenvalue weighted by molar-refractivity contribution is 5.93. The van der Waals surface area contributed by atoms with Crippen molar-refractivity contribution in [3.63, 3.8) is 0 Å². The van der Waals surface area contributed by atoms with Gasteiger partial charge >= 0.3 is 0 Å². The van der Waals surface area contributed by atoms with Gasteiger partial charge in [0.15, 0.2) is 5.82 Å². The number of hydrogen-bond acceptors (Lipinski definition) is 2. The van der Waals surface area contributed by atoms with Crippen molar-refractivity contribution in [3.8, 4) is 0 Å². The molecule has 0 N–H and O–H groups in total. The van der Waals surface area contributed by atoms with E-state index in [1.165, 1.54) is 34.3 Å². The number of nitrogens with zero attached hydrogens (tertiary/aromatic N) is 3. The maximum Gasteiger partial charge on any atom is 0.153 e. The van der Waals surface area contributed by atoms with E-state index in [2.05, 4.69) is 53.6 Å². The third kappa shape index (κ3) is 3.38. The Morgan fingerprint density at radius 2 is 1.64 bits per heavy atom. The summed E-state index contributed by atoms with van der Waals surface area (Å²) in [7, 11) is 2.04. The van der Waals surface area contributed by atoms with E-state index in [9.17, 15) is 4.39 Å². The van der Waals surface area contributed by atoms with E-state index in [1.54, 1.807) is 0 Å². The smallest absolute Gasteiger partial charge is 0.153 e. The van der Waals surface area contributed by atoms with Gasteiger partial charge in [0.2, 0.25) is 0 Å². The molecule has 0 saturated carbocycles. The van der Waals surface area contributed by atoms with E-state index in [4.69, 9.17) is 4.98 Å². The highest BCUT2D eigenvalue weighted by Gasteiger charge is 2.18. The van der Waals surface area contributed by atoms with Crippen LogP contribution in [0.2, 0.25) is 0 Å². The summed E-state index contributed by atoms with van der Waals surface area (Å²) in [4.78, 5) is 6.84. The predicted molar refractivity (Wildman–Crippen MR) is 113 cm³/mol. The van der Waals surface area contributed by atoms with Crippen LogP contribution in [0.15, 0.2) is 66.9 Å². The standard InChI is InChI=1S/C24H24FN3/c1-17-18(2)28(16-19-7-5-4-6-8-19)23-22(17)13-14-26-24(23)27(3)15-20-9-11-21(25)12-10-20/h4-14H,15-16H2,1-3H3. The first-order valence-electron chi connectivity index (χ1n) is 9.48. The van der Waals surface area contributed by atoms with Gasteiger partial charge in [0, 0.05) is 37.4 Å². The number of pyridine rings is 1. The van der Waals surface area contributed by atoms with Crippen LogP contribution in [-0.2, 0) is 13.1 Å². The van der Waals surface area contributed by atoms with Crippen molar-refractivity contribution in [2.24, 2.45) is 0 Å². The van der Waals surface area contributed by atoms with Gasteiger partial charge in [0.1, 0.15) is 5.82 Å². The van der Waals surface area contributed by atoms with Crippen LogP contribution in [0.25, 0.3) is 10.9 Å². The lowest BCUT2D eigenvalue weighted by atomic mass is 10.2. The van der Waals surface area contributed by atoms with E-state index in [1.807, 2.05) is 31.4 Å². The quantitative estimate of drug-likeness (QED) is 0.462. The Hall–Kier alpha value is -3.14. The zero-order chi connectivity index (χ0) is 19.7. The second-order valence-corrected chi connectivity index (χ2v) is 7.30. The molecule has 2 aromatic heterocycles.